The average Bonchev–Trinajstić information content (AvgIpc) is 2.25. The number of nitro groups is 1. The molecule has 1 rings (SSSR count). The van der Waals surface area contributed by atoms with E-state index in [1.165, 1.54) is 0 Å². The van der Waals surface area contributed by atoms with E-state index in [1.54, 1.807) is 0 Å². The van der Waals surface area contributed by atoms with Gasteiger partial charge in [0.1, 0.15) is 0 Å². The van der Waals surface area contributed by atoms with Gasteiger partial charge in [-0.15, -0.1) is 0 Å². The van der Waals surface area contributed by atoms with Crippen LogP contribution in [-0.2, 0) is 0 Å². The summed E-state index contributed by atoms with van der Waals surface area (Å²) in [4.78, 5) is 20.5. The van der Waals surface area contributed by atoms with Gasteiger partial charge in [-0.05, 0) is 6.07 Å². The average molecular weight is 246 g/mol. The zero-order chi connectivity index (χ0) is 13.0. The van der Waals surface area contributed by atoms with Gasteiger partial charge in [-0.1, -0.05) is 0 Å². The second kappa shape index (κ2) is 5.19. The van der Waals surface area contributed by atoms with Crippen LogP contribution in [0.25, 0.3) is 0 Å². The van der Waals surface area contributed by atoms with Crippen LogP contribution < -0.4 is 5.32 Å². The molecule has 0 aliphatic heterocycles. The van der Waals surface area contributed by atoms with E-state index in [9.17, 15) is 23.7 Å². The minimum atomic E-state index is -2.68. The first kappa shape index (κ1) is 12.8. The first-order chi connectivity index (χ1) is 7.91. The summed E-state index contributed by atoms with van der Waals surface area (Å²) in [5.41, 5.74) is -0.866. The smallest absolute Gasteiger partial charge is 0.337 e. The summed E-state index contributed by atoms with van der Waals surface area (Å²) in [7, 11) is 0. The van der Waals surface area contributed by atoms with Crippen LogP contribution in [0.3, 0.4) is 0 Å². The normalized spacial score (nSPS) is 10.3. The van der Waals surface area contributed by atoms with E-state index in [2.05, 4.69) is 5.32 Å². The van der Waals surface area contributed by atoms with Gasteiger partial charge in [0.15, 0.2) is 0 Å². The highest BCUT2D eigenvalue weighted by Crippen LogP contribution is 2.22. The fraction of sp³-hybridized carbons (Fsp3) is 0.222. The van der Waals surface area contributed by atoms with Gasteiger partial charge in [0.2, 0.25) is 0 Å². The van der Waals surface area contributed by atoms with Gasteiger partial charge in [0.05, 0.1) is 22.7 Å². The van der Waals surface area contributed by atoms with Crippen molar-refractivity contribution < 1.29 is 23.6 Å². The lowest BCUT2D eigenvalue weighted by molar-refractivity contribution is -0.384. The lowest BCUT2D eigenvalue weighted by Gasteiger charge is -2.08. The fourth-order valence-corrected chi connectivity index (χ4v) is 1.17. The molecule has 0 radical (unpaired) electrons. The monoisotopic (exact) mass is 246 g/mol. The predicted molar refractivity (Wildman–Crippen MR) is 54.5 cm³/mol. The van der Waals surface area contributed by atoms with E-state index in [1.807, 2.05) is 0 Å². The van der Waals surface area contributed by atoms with Gasteiger partial charge in [0.25, 0.3) is 12.1 Å². The number of benzene rings is 1. The fourth-order valence-electron chi connectivity index (χ4n) is 1.17. The van der Waals surface area contributed by atoms with E-state index in [4.69, 9.17) is 5.11 Å². The largest absolute Gasteiger partial charge is 0.478 e. The van der Waals surface area contributed by atoms with E-state index in [0.717, 1.165) is 18.2 Å². The summed E-state index contributed by atoms with van der Waals surface area (Å²) in [5.74, 6) is -1.35. The van der Waals surface area contributed by atoms with E-state index >= 15 is 0 Å². The third kappa shape index (κ3) is 3.37. The van der Waals surface area contributed by atoms with Gasteiger partial charge in [0, 0.05) is 12.1 Å². The highest BCUT2D eigenvalue weighted by molar-refractivity contribution is 5.94. The third-order valence-corrected chi connectivity index (χ3v) is 1.89. The number of nitrogens with zero attached hydrogens (tertiary/aromatic N) is 1. The number of carboxylic acids is 1. The number of anilines is 1. The van der Waals surface area contributed by atoms with Crippen molar-refractivity contribution >= 4 is 17.3 Å². The number of rotatable bonds is 5. The molecule has 17 heavy (non-hydrogen) atoms. The van der Waals surface area contributed by atoms with E-state index < -0.39 is 23.9 Å². The van der Waals surface area contributed by atoms with Crippen LogP contribution in [0.2, 0.25) is 0 Å². The second-order valence-electron chi connectivity index (χ2n) is 3.06. The standard InChI is InChI=1S/C9H8F2N2O4/c10-8(11)4-12-7-3-5(13(16)17)1-2-6(7)9(14)15/h1-3,8,12H,4H2,(H,14,15). The zero-order valence-corrected chi connectivity index (χ0v) is 8.39. The molecule has 0 saturated heterocycles. The first-order valence-corrected chi connectivity index (χ1v) is 4.45. The lowest BCUT2D eigenvalue weighted by Crippen LogP contribution is -2.13. The summed E-state index contributed by atoms with van der Waals surface area (Å²) in [6.45, 7) is -0.776. The maximum Gasteiger partial charge on any atom is 0.337 e. The summed E-state index contributed by atoms with van der Waals surface area (Å²) in [6.07, 6.45) is -2.68. The van der Waals surface area contributed by atoms with Gasteiger partial charge in [-0.2, -0.15) is 0 Å². The number of hydrogen-bond acceptors (Lipinski definition) is 4. The molecule has 2 N–H and O–H groups in total. The molecule has 0 amide bonds. The second-order valence-corrected chi connectivity index (χ2v) is 3.06. The molecule has 0 aromatic heterocycles. The van der Waals surface area contributed by atoms with Crippen molar-refractivity contribution in [1.82, 2.24) is 0 Å². The minimum Gasteiger partial charge on any atom is -0.478 e. The van der Waals surface area contributed by atoms with Gasteiger partial charge < -0.3 is 10.4 Å². The van der Waals surface area contributed by atoms with Crippen molar-refractivity contribution in [3.05, 3.63) is 33.9 Å². The van der Waals surface area contributed by atoms with Crippen LogP contribution >= 0.6 is 0 Å². The zero-order valence-electron chi connectivity index (χ0n) is 8.39. The number of halogens is 2. The van der Waals surface area contributed by atoms with Crippen molar-refractivity contribution in [2.75, 3.05) is 11.9 Å². The Morgan fingerprint density at radius 3 is 2.65 bits per heavy atom. The van der Waals surface area contributed by atoms with Crippen LogP contribution in [0, 0.1) is 10.1 Å². The van der Waals surface area contributed by atoms with Crippen molar-refractivity contribution in [2.45, 2.75) is 6.43 Å². The highest BCUT2D eigenvalue weighted by atomic mass is 19.3. The van der Waals surface area contributed by atoms with Crippen molar-refractivity contribution in [2.24, 2.45) is 0 Å². The van der Waals surface area contributed by atoms with Crippen LogP contribution in [0.4, 0.5) is 20.2 Å². The van der Waals surface area contributed by atoms with Gasteiger partial charge in [-0.25, -0.2) is 13.6 Å². The summed E-state index contributed by atoms with van der Waals surface area (Å²) in [6, 6.07) is 2.90. The molecule has 1 aromatic carbocycles. The third-order valence-electron chi connectivity index (χ3n) is 1.89. The number of hydrogen-bond donors (Lipinski definition) is 2. The van der Waals surface area contributed by atoms with Crippen LogP contribution in [-0.4, -0.2) is 29.0 Å². The number of aromatic carboxylic acids is 1. The first-order valence-electron chi connectivity index (χ1n) is 4.45. The molecule has 0 saturated carbocycles. The van der Waals surface area contributed by atoms with Crippen molar-refractivity contribution in [3.8, 4) is 0 Å². The Bertz CT molecular complexity index is 451. The van der Waals surface area contributed by atoms with Gasteiger partial charge in [-0.3, -0.25) is 10.1 Å². The molecule has 0 aliphatic carbocycles. The molecule has 0 unspecified atom stereocenters. The molecule has 1 aromatic rings. The number of nitro benzene ring substituents is 1. The maximum absolute atomic E-state index is 12.0. The number of carboxylic acid groups (broad SMARTS) is 1. The number of non-ortho nitro benzene ring substituents is 1. The van der Waals surface area contributed by atoms with Crippen LogP contribution in [0.15, 0.2) is 18.2 Å². The van der Waals surface area contributed by atoms with E-state index in [-0.39, 0.29) is 16.9 Å². The Labute approximate surface area is 94.0 Å². The molecule has 92 valence electrons. The molecule has 0 spiro atoms. The predicted octanol–water partition coefficient (Wildman–Crippen LogP) is 1.97. The molecule has 0 heterocycles. The molecule has 8 heteroatoms. The molecule has 0 fully saturated rings. The number of alkyl halides is 2. The quantitative estimate of drug-likeness (QED) is 0.612. The minimum absolute atomic E-state index is 0.202. The Balaban J connectivity index is 3.07. The number of carbonyl (C=O) groups is 1. The SMILES string of the molecule is O=C(O)c1ccc([N+](=O)[O-])cc1NCC(F)F. The Morgan fingerprint density at radius 2 is 2.18 bits per heavy atom. The maximum atomic E-state index is 12.0. The van der Waals surface area contributed by atoms with Gasteiger partial charge >= 0.3 is 5.97 Å². The van der Waals surface area contributed by atoms with Crippen LogP contribution in [0.5, 0.6) is 0 Å². The summed E-state index contributed by atoms with van der Waals surface area (Å²) < 4.78 is 23.9. The Hall–Kier alpha value is -2.25. The molecule has 6 nitrogen and oxygen atoms in total. The summed E-state index contributed by atoms with van der Waals surface area (Å²) in [5, 5.41) is 21.4. The molecular formula is C9H8F2N2O4. The van der Waals surface area contributed by atoms with Crippen molar-refractivity contribution in [1.29, 1.82) is 0 Å². The summed E-state index contributed by atoms with van der Waals surface area (Å²) >= 11 is 0. The lowest BCUT2D eigenvalue weighted by atomic mass is 10.1. The topological polar surface area (TPSA) is 92.5 Å². The van der Waals surface area contributed by atoms with Crippen LogP contribution in [0.1, 0.15) is 10.4 Å². The molecule has 0 bridgehead atoms. The number of nitrogens with one attached hydrogen (secondary N) is 1. The molecule has 0 aliphatic rings. The molecular weight excluding hydrogens is 238 g/mol. The molecule has 0 atom stereocenters. The Kier molecular flexibility index (Phi) is 3.91. The van der Waals surface area contributed by atoms with Crippen molar-refractivity contribution in [3.63, 3.8) is 0 Å². The van der Waals surface area contributed by atoms with E-state index in [0.29, 0.717) is 0 Å². The highest BCUT2D eigenvalue weighted by Gasteiger charge is 2.16. The Morgan fingerprint density at radius 1 is 1.53 bits per heavy atom.